The zero-order valence-electron chi connectivity index (χ0n) is 4.88. The molecular formula is C4H11NO2. The first kappa shape index (κ1) is 6.88. The van der Waals surface area contributed by atoms with Gasteiger partial charge in [0.05, 0.1) is 0 Å². The van der Waals surface area contributed by atoms with Gasteiger partial charge in [-0.3, -0.25) is 0 Å². The lowest BCUT2D eigenvalue weighted by molar-refractivity contribution is -0.181. The van der Waals surface area contributed by atoms with Crippen molar-refractivity contribution in [1.29, 1.82) is 0 Å². The lowest BCUT2D eigenvalue weighted by atomic mass is 10.7. The molecule has 0 amide bonds. The number of rotatable bonds is 2. The predicted molar refractivity (Wildman–Crippen MR) is 26.0 cm³/mol. The Morgan fingerprint density at radius 1 is 1.71 bits per heavy atom. The smallest absolute Gasteiger partial charge is 0.129 e. The van der Waals surface area contributed by atoms with E-state index in [0.717, 1.165) is 5.06 Å². The third kappa shape index (κ3) is 2.56. The molecule has 0 rings (SSSR count). The molecule has 1 unspecified atom stereocenters. The van der Waals surface area contributed by atoms with E-state index in [1.165, 1.54) is 14.2 Å². The molecular weight excluding hydrogens is 94.0 g/mol. The third-order valence-corrected chi connectivity index (χ3v) is 0.867. The molecule has 3 nitrogen and oxygen atoms in total. The van der Waals surface area contributed by atoms with E-state index < -0.39 is 0 Å². The lowest BCUT2D eigenvalue weighted by Crippen LogP contribution is -2.26. The number of hydrogen-bond acceptors (Lipinski definition) is 3. The largest absolute Gasteiger partial charge is 0.365 e. The molecule has 0 aliphatic heterocycles. The van der Waals surface area contributed by atoms with Crippen LogP contribution in [0.3, 0.4) is 0 Å². The molecule has 0 bridgehead atoms. The molecule has 1 atom stereocenters. The van der Waals surface area contributed by atoms with Gasteiger partial charge < -0.3 is 9.94 Å². The van der Waals surface area contributed by atoms with Gasteiger partial charge in [-0.15, -0.1) is 0 Å². The molecule has 1 N–H and O–H groups in total. The molecule has 0 aliphatic rings. The maximum Gasteiger partial charge on any atom is 0.129 e. The SMILES string of the molecule is COC(C)N(C)O. The monoisotopic (exact) mass is 105 g/mol. The summed E-state index contributed by atoms with van der Waals surface area (Å²) in [5.41, 5.74) is 0. The van der Waals surface area contributed by atoms with Gasteiger partial charge in [0.15, 0.2) is 0 Å². The van der Waals surface area contributed by atoms with Crippen LogP contribution in [0.2, 0.25) is 0 Å². The Labute approximate surface area is 43.5 Å². The van der Waals surface area contributed by atoms with Crippen molar-refractivity contribution in [3.63, 3.8) is 0 Å². The van der Waals surface area contributed by atoms with E-state index in [2.05, 4.69) is 4.74 Å². The molecule has 0 fully saturated rings. The highest BCUT2D eigenvalue weighted by Crippen LogP contribution is 1.87. The summed E-state index contributed by atoms with van der Waals surface area (Å²) in [6, 6.07) is 0. The van der Waals surface area contributed by atoms with Crippen molar-refractivity contribution in [1.82, 2.24) is 5.06 Å². The summed E-state index contributed by atoms with van der Waals surface area (Å²) in [6.07, 6.45) is -0.208. The summed E-state index contributed by atoms with van der Waals surface area (Å²) in [7, 11) is 3.07. The Kier molecular flexibility index (Phi) is 2.91. The van der Waals surface area contributed by atoms with Crippen molar-refractivity contribution in [3.05, 3.63) is 0 Å². The van der Waals surface area contributed by atoms with Crippen LogP contribution in [0.4, 0.5) is 0 Å². The van der Waals surface area contributed by atoms with Crippen LogP contribution in [0.1, 0.15) is 6.92 Å². The van der Waals surface area contributed by atoms with Gasteiger partial charge in [0, 0.05) is 14.2 Å². The van der Waals surface area contributed by atoms with Crippen LogP contribution in [-0.4, -0.2) is 30.7 Å². The van der Waals surface area contributed by atoms with Crippen molar-refractivity contribution in [3.8, 4) is 0 Å². The maximum atomic E-state index is 8.53. The van der Waals surface area contributed by atoms with Crippen LogP contribution in [0.15, 0.2) is 0 Å². The fourth-order valence-corrected chi connectivity index (χ4v) is 0.153. The highest BCUT2D eigenvalue weighted by Gasteiger charge is 1.99. The Hall–Kier alpha value is -0.120. The third-order valence-electron chi connectivity index (χ3n) is 0.867. The van der Waals surface area contributed by atoms with Gasteiger partial charge in [0.2, 0.25) is 0 Å². The summed E-state index contributed by atoms with van der Waals surface area (Å²) >= 11 is 0. The van der Waals surface area contributed by atoms with Crippen molar-refractivity contribution in [2.75, 3.05) is 14.2 Å². The second-order valence-electron chi connectivity index (χ2n) is 1.41. The van der Waals surface area contributed by atoms with E-state index >= 15 is 0 Å². The summed E-state index contributed by atoms with van der Waals surface area (Å²) in [6.45, 7) is 1.75. The van der Waals surface area contributed by atoms with Crippen molar-refractivity contribution in [2.45, 2.75) is 13.2 Å². The molecule has 0 aromatic rings. The minimum absolute atomic E-state index is 0.208. The highest BCUT2D eigenvalue weighted by molar-refractivity contribution is 4.32. The van der Waals surface area contributed by atoms with E-state index in [0.29, 0.717) is 0 Å². The number of hydrogen-bond donors (Lipinski definition) is 1. The molecule has 0 saturated heterocycles. The first-order chi connectivity index (χ1) is 3.18. The van der Waals surface area contributed by atoms with Crippen molar-refractivity contribution >= 4 is 0 Å². The molecule has 0 aliphatic carbocycles. The molecule has 0 spiro atoms. The zero-order valence-corrected chi connectivity index (χ0v) is 4.88. The molecule has 3 heteroatoms. The summed E-state index contributed by atoms with van der Waals surface area (Å²) in [5, 5.41) is 9.53. The minimum atomic E-state index is -0.208. The predicted octanol–water partition coefficient (Wildman–Crippen LogP) is 0.300. The van der Waals surface area contributed by atoms with Crippen LogP contribution in [0.25, 0.3) is 0 Å². The lowest BCUT2D eigenvalue weighted by Gasteiger charge is -2.14. The Bertz CT molecular complexity index is 47.0. The van der Waals surface area contributed by atoms with Gasteiger partial charge in [-0.1, -0.05) is 0 Å². The Morgan fingerprint density at radius 3 is 2.14 bits per heavy atom. The number of ether oxygens (including phenoxy) is 1. The summed E-state index contributed by atoms with van der Waals surface area (Å²) in [5.74, 6) is 0. The zero-order chi connectivity index (χ0) is 5.86. The molecule has 0 saturated carbocycles. The Morgan fingerprint density at radius 2 is 2.14 bits per heavy atom. The Balaban J connectivity index is 3.14. The maximum absolute atomic E-state index is 8.53. The number of nitrogens with zero attached hydrogens (tertiary/aromatic N) is 1. The average molecular weight is 105 g/mol. The van der Waals surface area contributed by atoms with E-state index in [1.54, 1.807) is 6.92 Å². The fraction of sp³-hybridized carbons (Fsp3) is 1.00. The van der Waals surface area contributed by atoms with Gasteiger partial charge >= 0.3 is 0 Å². The molecule has 0 aromatic heterocycles. The average Bonchev–Trinajstić information content (AvgIpc) is 1.65. The van der Waals surface area contributed by atoms with Crippen molar-refractivity contribution in [2.24, 2.45) is 0 Å². The van der Waals surface area contributed by atoms with E-state index in [9.17, 15) is 0 Å². The van der Waals surface area contributed by atoms with Crippen molar-refractivity contribution < 1.29 is 9.94 Å². The minimum Gasteiger partial charge on any atom is -0.365 e. The topological polar surface area (TPSA) is 32.7 Å². The number of methoxy groups -OCH3 is 1. The quantitative estimate of drug-likeness (QED) is 0.405. The molecule has 7 heavy (non-hydrogen) atoms. The normalized spacial score (nSPS) is 15.0. The van der Waals surface area contributed by atoms with Gasteiger partial charge in [0.25, 0.3) is 0 Å². The standard InChI is InChI=1S/C4H11NO2/c1-4(7-3)5(2)6/h4,6H,1-3H3. The second kappa shape index (κ2) is 2.96. The van der Waals surface area contributed by atoms with Crippen LogP contribution in [0, 0.1) is 0 Å². The van der Waals surface area contributed by atoms with Crippen LogP contribution in [-0.2, 0) is 4.74 Å². The summed E-state index contributed by atoms with van der Waals surface area (Å²) < 4.78 is 4.69. The van der Waals surface area contributed by atoms with E-state index in [1.807, 2.05) is 0 Å². The van der Waals surface area contributed by atoms with Gasteiger partial charge in [-0.2, -0.15) is 5.06 Å². The van der Waals surface area contributed by atoms with Crippen LogP contribution in [0.5, 0.6) is 0 Å². The molecule has 44 valence electrons. The second-order valence-corrected chi connectivity index (χ2v) is 1.41. The molecule has 0 radical (unpaired) electrons. The van der Waals surface area contributed by atoms with Crippen LogP contribution < -0.4 is 0 Å². The first-order valence-electron chi connectivity index (χ1n) is 2.13. The fourth-order valence-electron chi connectivity index (χ4n) is 0.153. The van der Waals surface area contributed by atoms with Crippen LogP contribution >= 0.6 is 0 Å². The van der Waals surface area contributed by atoms with Gasteiger partial charge in [0.1, 0.15) is 6.23 Å². The van der Waals surface area contributed by atoms with E-state index in [4.69, 9.17) is 5.21 Å². The first-order valence-corrected chi connectivity index (χ1v) is 2.13. The molecule has 0 heterocycles. The van der Waals surface area contributed by atoms with Gasteiger partial charge in [-0.05, 0) is 6.92 Å². The van der Waals surface area contributed by atoms with Gasteiger partial charge in [-0.25, -0.2) is 0 Å². The molecule has 0 aromatic carbocycles. The number of hydroxylamine groups is 2. The summed E-state index contributed by atoms with van der Waals surface area (Å²) in [4.78, 5) is 0. The highest BCUT2D eigenvalue weighted by atomic mass is 16.6. The van der Waals surface area contributed by atoms with E-state index in [-0.39, 0.29) is 6.23 Å².